The summed E-state index contributed by atoms with van der Waals surface area (Å²) < 4.78 is 1.73. The second-order valence-electron chi connectivity index (χ2n) is 4.36. The zero-order chi connectivity index (χ0) is 14.7. The Hall–Kier alpha value is -1.92. The van der Waals surface area contributed by atoms with Gasteiger partial charge in [0.25, 0.3) is 0 Å². The molecule has 0 radical (unpaired) electrons. The van der Waals surface area contributed by atoms with E-state index in [0.717, 1.165) is 22.2 Å². The minimum absolute atomic E-state index is 0.703. The minimum Gasteiger partial charge on any atom is -0.242 e. The van der Waals surface area contributed by atoms with E-state index in [-0.39, 0.29) is 0 Å². The van der Waals surface area contributed by atoms with E-state index in [9.17, 15) is 0 Å². The number of halogens is 1. The maximum absolute atomic E-state index is 5.87. The van der Waals surface area contributed by atoms with E-state index in [1.807, 2.05) is 43.5 Å². The van der Waals surface area contributed by atoms with Crippen molar-refractivity contribution in [3.63, 3.8) is 0 Å². The van der Waals surface area contributed by atoms with E-state index in [1.54, 1.807) is 22.6 Å². The molecule has 2 heterocycles. The van der Waals surface area contributed by atoms with Gasteiger partial charge >= 0.3 is 0 Å². The quantitative estimate of drug-likeness (QED) is 0.546. The van der Waals surface area contributed by atoms with Gasteiger partial charge in [0.2, 0.25) is 0 Å². The van der Waals surface area contributed by atoms with Gasteiger partial charge in [-0.05, 0) is 37.3 Å². The van der Waals surface area contributed by atoms with Crippen LogP contribution in [0.1, 0.15) is 11.5 Å². The third-order valence-electron chi connectivity index (χ3n) is 2.75. The fraction of sp³-hybridized carbons (Fsp3) is 0.143. The Morgan fingerprint density at radius 1 is 1.19 bits per heavy atom. The summed E-state index contributed by atoms with van der Waals surface area (Å²) in [6, 6.07) is 9.36. The van der Waals surface area contributed by atoms with Crippen LogP contribution in [0.4, 0.5) is 0 Å². The summed E-state index contributed by atoms with van der Waals surface area (Å²) in [7, 11) is 0. The van der Waals surface area contributed by atoms with Gasteiger partial charge in [-0.15, -0.1) is 5.10 Å². The van der Waals surface area contributed by atoms with Crippen molar-refractivity contribution in [2.24, 2.45) is 0 Å². The van der Waals surface area contributed by atoms with E-state index in [1.165, 1.54) is 0 Å². The summed E-state index contributed by atoms with van der Waals surface area (Å²) in [5.74, 6) is 1.48. The SMILES string of the molecule is Cc1nccc(SCc2cn(-c3ccc(Cl)cc3)nn2)n1. The number of thioether (sulfide) groups is 1. The summed E-state index contributed by atoms with van der Waals surface area (Å²) in [5, 5.41) is 9.93. The molecule has 0 saturated carbocycles. The van der Waals surface area contributed by atoms with E-state index in [0.29, 0.717) is 10.8 Å². The van der Waals surface area contributed by atoms with Gasteiger partial charge in [-0.1, -0.05) is 28.6 Å². The van der Waals surface area contributed by atoms with Crippen LogP contribution in [0, 0.1) is 6.92 Å². The van der Waals surface area contributed by atoms with Crippen LogP contribution in [-0.4, -0.2) is 25.0 Å². The first-order chi connectivity index (χ1) is 10.2. The van der Waals surface area contributed by atoms with Gasteiger partial charge in [-0.2, -0.15) is 0 Å². The normalized spacial score (nSPS) is 10.8. The molecule has 0 fully saturated rings. The van der Waals surface area contributed by atoms with E-state index in [2.05, 4.69) is 20.3 Å². The van der Waals surface area contributed by atoms with Crippen LogP contribution in [0.15, 0.2) is 47.8 Å². The van der Waals surface area contributed by atoms with E-state index in [4.69, 9.17) is 11.6 Å². The topological polar surface area (TPSA) is 56.5 Å². The predicted octanol–water partition coefficient (Wildman–Crippen LogP) is 3.31. The summed E-state index contributed by atoms with van der Waals surface area (Å²) >= 11 is 7.48. The fourth-order valence-electron chi connectivity index (χ4n) is 1.75. The molecular weight excluding hydrogens is 306 g/mol. The molecular formula is C14H12ClN5S. The molecule has 0 aliphatic rings. The maximum Gasteiger partial charge on any atom is 0.126 e. The average molecular weight is 318 g/mol. The number of aryl methyl sites for hydroxylation is 1. The molecule has 0 bridgehead atoms. The van der Waals surface area contributed by atoms with Crippen LogP contribution < -0.4 is 0 Å². The van der Waals surface area contributed by atoms with E-state index < -0.39 is 0 Å². The highest BCUT2D eigenvalue weighted by Crippen LogP contribution is 2.20. The van der Waals surface area contributed by atoms with Crippen LogP contribution >= 0.6 is 23.4 Å². The average Bonchev–Trinajstić information content (AvgIpc) is 2.95. The van der Waals surface area contributed by atoms with Crippen LogP contribution in [0.2, 0.25) is 5.02 Å². The van der Waals surface area contributed by atoms with Crippen LogP contribution in [0.25, 0.3) is 5.69 Å². The Balaban J connectivity index is 1.69. The number of rotatable bonds is 4. The van der Waals surface area contributed by atoms with Gasteiger partial charge in [-0.25, -0.2) is 14.6 Å². The molecule has 0 atom stereocenters. The predicted molar refractivity (Wildman–Crippen MR) is 82.7 cm³/mol. The molecule has 1 aromatic carbocycles. The van der Waals surface area contributed by atoms with Crippen LogP contribution in [-0.2, 0) is 5.75 Å². The maximum atomic E-state index is 5.87. The Bertz CT molecular complexity index is 741. The number of hydrogen-bond acceptors (Lipinski definition) is 5. The number of benzene rings is 1. The van der Waals surface area contributed by atoms with Gasteiger partial charge < -0.3 is 0 Å². The van der Waals surface area contributed by atoms with Crippen molar-refractivity contribution < 1.29 is 0 Å². The van der Waals surface area contributed by atoms with Crippen molar-refractivity contribution in [3.05, 3.63) is 59.3 Å². The Morgan fingerprint density at radius 3 is 2.76 bits per heavy atom. The molecule has 0 saturated heterocycles. The first-order valence-corrected chi connectivity index (χ1v) is 7.67. The lowest BCUT2D eigenvalue weighted by Crippen LogP contribution is -1.93. The summed E-state index contributed by atoms with van der Waals surface area (Å²) in [6.45, 7) is 1.88. The molecule has 7 heteroatoms. The van der Waals surface area contributed by atoms with Gasteiger partial charge in [0.05, 0.1) is 17.6 Å². The van der Waals surface area contributed by atoms with Crippen molar-refractivity contribution in [1.82, 2.24) is 25.0 Å². The van der Waals surface area contributed by atoms with Crippen molar-refractivity contribution in [1.29, 1.82) is 0 Å². The second kappa shape index (κ2) is 6.24. The highest BCUT2D eigenvalue weighted by molar-refractivity contribution is 7.98. The summed E-state index contributed by atoms with van der Waals surface area (Å²) in [5.41, 5.74) is 1.83. The molecule has 0 unspecified atom stereocenters. The third kappa shape index (κ3) is 3.59. The minimum atomic E-state index is 0.703. The second-order valence-corrected chi connectivity index (χ2v) is 5.79. The third-order valence-corrected chi connectivity index (χ3v) is 3.97. The van der Waals surface area contributed by atoms with Gasteiger partial charge in [-0.3, -0.25) is 0 Å². The molecule has 0 amide bonds. The molecule has 3 rings (SSSR count). The lowest BCUT2D eigenvalue weighted by Gasteiger charge is -1.99. The molecule has 0 spiro atoms. The molecule has 3 aromatic rings. The lowest BCUT2D eigenvalue weighted by molar-refractivity contribution is 0.800. The van der Waals surface area contributed by atoms with Crippen LogP contribution in [0.3, 0.4) is 0 Å². The highest BCUT2D eigenvalue weighted by atomic mass is 35.5. The molecule has 2 aromatic heterocycles. The summed E-state index contributed by atoms with van der Waals surface area (Å²) in [6.07, 6.45) is 3.67. The van der Waals surface area contributed by atoms with Crippen LogP contribution in [0.5, 0.6) is 0 Å². The monoisotopic (exact) mass is 317 g/mol. The van der Waals surface area contributed by atoms with Crippen molar-refractivity contribution in [3.8, 4) is 5.69 Å². The van der Waals surface area contributed by atoms with Gasteiger partial charge in [0.15, 0.2) is 0 Å². The first kappa shape index (κ1) is 14.0. The molecule has 106 valence electrons. The fourth-order valence-corrected chi connectivity index (χ4v) is 2.66. The molecule has 0 aliphatic heterocycles. The zero-order valence-electron chi connectivity index (χ0n) is 11.3. The highest BCUT2D eigenvalue weighted by Gasteiger charge is 2.05. The van der Waals surface area contributed by atoms with Gasteiger partial charge in [0, 0.05) is 17.0 Å². The Kier molecular flexibility index (Phi) is 4.17. The molecule has 0 N–H and O–H groups in total. The first-order valence-electron chi connectivity index (χ1n) is 6.30. The summed E-state index contributed by atoms with van der Waals surface area (Å²) in [4.78, 5) is 8.42. The smallest absolute Gasteiger partial charge is 0.126 e. The molecule has 21 heavy (non-hydrogen) atoms. The number of hydrogen-bond donors (Lipinski definition) is 0. The largest absolute Gasteiger partial charge is 0.242 e. The van der Waals surface area contributed by atoms with E-state index >= 15 is 0 Å². The van der Waals surface area contributed by atoms with Crippen molar-refractivity contribution in [2.45, 2.75) is 17.7 Å². The number of nitrogens with zero attached hydrogens (tertiary/aromatic N) is 5. The van der Waals surface area contributed by atoms with Crippen molar-refractivity contribution >= 4 is 23.4 Å². The standard InChI is InChI=1S/C14H12ClN5S/c1-10-16-7-6-14(17-10)21-9-12-8-20(19-18-12)13-4-2-11(15)3-5-13/h2-8H,9H2,1H3. The van der Waals surface area contributed by atoms with Crippen molar-refractivity contribution in [2.75, 3.05) is 0 Å². The Morgan fingerprint density at radius 2 is 2.00 bits per heavy atom. The Labute approximate surface area is 131 Å². The lowest BCUT2D eigenvalue weighted by atomic mass is 10.3. The number of aromatic nitrogens is 5. The molecule has 0 aliphatic carbocycles. The van der Waals surface area contributed by atoms with Gasteiger partial charge in [0.1, 0.15) is 10.9 Å². The zero-order valence-corrected chi connectivity index (χ0v) is 12.8. The molecule has 5 nitrogen and oxygen atoms in total.